The van der Waals surface area contributed by atoms with Crippen LogP contribution >= 0.6 is 0 Å². The highest BCUT2D eigenvalue weighted by atomic mass is 15.3. The van der Waals surface area contributed by atoms with E-state index < -0.39 is 0 Å². The van der Waals surface area contributed by atoms with E-state index in [0.717, 1.165) is 24.8 Å². The molecule has 3 atom stereocenters. The minimum absolute atomic E-state index is 0.671. The molecule has 1 saturated heterocycles. The van der Waals surface area contributed by atoms with Gasteiger partial charge in [0.15, 0.2) is 0 Å². The molecule has 1 aromatic heterocycles. The molecule has 1 aliphatic heterocycles. The van der Waals surface area contributed by atoms with Crippen molar-refractivity contribution < 1.29 is 0 Å². The number of fused-ring (bicyclic) bond motifs is 1. The van der Waals surface area contributed by atoms with Crippen molar-refractivity contribution in [3.63, 3.8) is 0 Å². The Balaban J connectivity index is 1.63. The number of nitrogens with zero attached hydrogens (tertiary/aromatic N) is 2. The van der Waals surface area contributed by atoms with Gasteiger partial charge in [-0.05, 0) is 44.1 Å². The van der Waals surface area contributed by atoms with Gasteiger partial charge in [-0.25, -0.2) is 0 Å². The van der Waals surface area contributed by atoms with E-state index in [9.17, 15) is 0 Å². The van der Waals surface area contributed by atoms with Crippen molar-refractivity contribution in [2.24, 2.45) is 13.0 Å². The molecule has 1 aliphatic carbocycles. The Kier molecular flexibility index (Phi) is 3.42. The average molecular weight is 247 g/mol. The lowest BCUT2D eigenvalue weighted by atomic mass is 9.88. The zero-order valence-electron chi connectivity index (χ0n) is 11.7. The molecule has 0 aromatic carbocycles. The molecule has 3 unspecified atom stereocenters. The summed E-state index contributed by atoms with van der Waals surface area (Å²) in [6.07, 6.45) is 9.24. The van der Waals surface area contributed by atoms with Gasteiger partial charge in [0.1, 0.15) is 0 Å². The summed E-state index contributed by atoms with van der Waals surface area (Å²) in [5.41, 5.74) is 2.61. The van der Waals surface area contributed by atoms with Crippen LogP contribution in [0.5, 0.6) is 0 Å². The first-order valence-corrected chi connectivity index (χ1v) is 7.54. The number of piperidine rings is 1. The Labute approximate surface area is 110 Å². The van der Waals surface area contributed by atoms with Gasteiger partial charge in [0, 0.05) is 31.2 Å². The lowest BCUT2D eigenvalue weighted by molar-refractivity contribution is 0.255. The molecule has 3 rings (SSSR count). The third kappa shape index (κ3) is 2.33. The van der Waals surface area contributed by atoms with E-state index in [1.54, 1.807) is 0 Å². The summed E-state index contributed by atoms with van der Waals surface area (Å²) in [6.45, 7) is 2.17. The van der Waals surface area contributed by atoms with Crippen LogP contribution in [0, 0.1) is 5.92 Å². The second-order valence-corrected chi connectivity index (χ2v) is 6.05. The number of rotatable bonds is 3. The van der Waals surface area contributed by atoms with E-state index in [1.807, 2.05) is 0 Å². The molecule has 0 radical (unpaired) electrons. The SMILES string of the molecule is CCc1cc(CC2CCC3CCCC3N2)n(C)n1. The quantitative estimate of drug-likeness (QED) is 0.889. The van der Waals surface area contributed by atoms with Gasteiger partial charge in [-0.2, -0.15) is 5.10 Å². The van der Waals surface area contributed by atoms with Gasteiger partial charge in [0.05, 0.1) is 5.69 Å². The summed E-state index contributed by atoms with van der Waals surface area (Å²) < 4.78 is 2.07. The Bertz CT molecular complexity index is 410. The standard InChI is InChI=1S/C15H25N3/c1-3-12-9-14(18(2)17-12)10-13-8-7-11-5-4-6-15(11)16-13/h9,11,13,15-16H,3-8,10H2,1-2H3. The fourth-order valence-corrected chi connectivity index (χ4v) is 3.75. The van der Waals surface area contributed by atoms with Crippen LogP contribution in [0.2, 0.25) is 0 Å². The maximum atomic E-state index is 4.55. The predicted octanol–water partition coefficient (Wildman–Crippen LogP) is 2.45. The topological polar surface area (TPSA) is 29.9 Å². The molecule has 2 heterocycles. The minimum Gasteiger partial charge on any atom is -0.311 e. The highest BCUT2D eigenvalue weighted by Gasteiger charge is 2.33. The number of aromatic nitrogens is 2. The molecule has 0 amide bonds. The van der Waals surface area contributed by atoms with Gasteiger partial charge < -0.3 is 5.32 Å². The van der Waals surface area contributed by atoms with Crippen LogP contribution in [-0.2, 0) is 19.9 Å². The third-order valence-electron chi connectivity index (χ3n) is 4.84. The molecule has 0 spiro atoms. The number of aryl methyl sites for hydroxylation is 2. The predicted molar refractivity (Wildman–Crippen MR) is 73.6 cm³/mol. The molecule has 1 saturated carbocycles. The second kappa shape index (κ2) is 5.04. The van der Waals surface area contributed by atoms with E-state index >= 15 is 0 Å². The summed E-state index contributed by atoms with van der Waals surface area (Å²) in [5.74, 6) is 0.971. The molecule has 1 aromatic rings. The summed E-state index contributed by atoms with van der Waals surface area (Å²) >= 11 is 0. The maximum Gasteiger partial charge on any atom is 0.0624 e. The molecule has 100 valence electrons. The maximum absolute atomic E-state index is 4.55. The van der Waals surface area contributed by atoms with E-state index in [2.05, 4.69) is 35.1 Å². The summed E-state index contributed by atoms with van der Waals surface area (Å²) in [5, 5.41) is 8.43. The van der Waals surface area contributed by atoms with E-state index in [0.29, 0.717) is 6.04 Å². The van der Waals surface area contributed by atoms with E-state index in [4.69, 9.17) is 0 Å². The first kappa shape index (κ1) is 12.2. The highest BCUT2D eigenvalue weighted by Crippen LogP contribution is 2.34. The van der Waals surface area contributed by atoms with E-state index in [-0.39, 0.29) is 0 Å². The molecule has 3 nitrogen and oxygen atoms in total. The highest BCUT2D eigenvalue weighted by molar-refractivity contribution is 5.12. The summed E-state index contributed by atoms with van der Waals surface area (Å²) in [4.78, 5) is 0. The number of nitrogens with one attached hydrogen (secondary N) is 1. The van der Waals surface area contributed by atoms with Crippen LogP contribution in [0.25, 0.3) is 0 Å². The Morgan fingerprint density at radius 2 is 2.22 bits per heavy atom. The average Bonchev–Trinajstić information content (AvgIpc) is 2.96. The number of hydrogen-bond acceptors (Lipinski definition) is 2. The van der Waals surface area contributed by atoms with Crippen LogP contribution in [0.15, 0.2) is 6.07 Å². The van der Waals surface area contributed by atoms with Crippen LogP contribution in [-0.4, -0.2) is 21.9 Å². The Hall–Kier alpha value is -0.830. The first-order valence-electron chi connectivity index (χ1n) is 7.54. The van der Waals surface area contributed by atoms with Gasteiger partial charge >= 0.3 is 0 Å². The van der Waals surface area contributed by atoms with Gasteiger partial charge in [0.2, 0.25) is 0 Å². The molecule has 2 fully saturated rings. The summed E-state index contributed by atoms with van der Waals surface area (Å²) in [6, 6.07) is 3.76. The zero-order valence-corrected chi connectivity index (χ0v) is 11.7. The van der Waals surface area contributed by atoms with Crippen LogP contribution < -0.4 is 5.32 Å². The minimum atomic E-state index is 0.671. The van der Waals surface area contributed by atoms with Crippen molar-refractivity contribution in [2.75, 3.05) is 0 Å². The largest absolute Gasteiger partial charge is 0.311 e. The van der Waals surface area contributed by atoms with Crippen LogP contribution in [0.3, 0.4) is 0 Å². The molecule has 0 bridgehead atoms. The van der Waals surface area contributed by atoms with Crippen molar-refractivity contribution in [1.29, 1.82) is 0 Å². The van der Waals surface area contributed by atoms with Gasteiger partial charge in [-0.3, -0.25) is 4.68 Å². The first-order chi connectivity index (χ1) is 8.76. The molecule has 1 N–H and O–H groups in total. The smallest absolute Gasteiger partial charge is 0.0624 e. The van der Waals surface area contributed by atoms with Crippen molar-refractivity contribution in [3.05, 3.63) is 17.5 Å². The molecule has 18 heavy (non-hydrogen) atoms. The summed E-state index contributed by atoms with van der Waals surface area (Å²) in [7, 11) is 2.08. The van der Waals surface area contributed by atoms with Gasteiger partial charge in [-0.15, -0.1) is 0 Å². The third-order valence-corrected chi connectivity index (χ3v) is 4.84. The fraction of sp³-hybridized carbons (Fsp3) is 0.800. The molecule has 3 heteroatoms. The van der Waals surface area contributed by atoms with Crippen LogP contribution in [0.1, 0.15) is 50.4 Å². The number of hydrogen-bond donors (Lipinski definition) is 1. The van der Waals surface area contributed by atoms with Crippen molar-refractivity contribution in [3.8, 4) is 0 Å². The van der Waals surface area contributed by atoms with Crippen molar-refractivity contribution in [1.82, 2.24) is 15.1 Å². The lowest BCUT2D eigenvalue weighted by Gasteiger charge is -2.33. The Morgan fingerprint density at radius 3 is 3.00 bits per heavy atom. The van der Waals surface area contributed by atoms with Crippen molar-refractivity contribution >= 4 is 0 Å². The van der Waals surface area contributed by atoms with E-state index in [1.165, 1.54) is 43.5 Å². The normalized spacial score (nSPS) is 31.6. The second-order valence-electron chi connectivity index (χ2n) is 6.05. The zero-order chi connectivity index (χ0) is 12.5. The Morgan fingerprint density at radius 1 is 1.33 bits per heavy atom. The van der Waals surface area contributed by atoms with Gasteiger partial charge in [-0.1, -0.05) is 13.3 Å². The van der Waals surface area contributed by atoms with Crippen LogP contribution in [0.4, 0.5) is 0 Å². The molecular weight excluding hydrogens is 222 g/mol. The molecular formula is C15H25N3. The molecule has 2 aliphatic rings. The monoisotopic (exact) mass is 247 g/mol. The fourth-order valence-electron chi connectivity index (χ4n) is 3.75. The van der Waals surface area contributed by atoms with Crippen molar-refractivity contribution in [2.45, 2.75) is 64.0 Å². The lowest BCUT2D eigenvalue weighted by Crippen LogP contribution is -2.46. The van der Waals surface area contributed by atoms with Gasteiger partial charge in [0.25, 0.3) is 0 Å².